The van der Waals surface area contributed by atoms with Crippen molar-refractivity contribution in [1.29, 1.82) is 0 Å². The largest absolute Gasteiger partial charge is 0.458 e. The van der Waals surface area contributed by atoms with Crippen molar-refractivity contribution in [3.05, 3.63) is 243 Å². The lowest BCUT2D eigenvalue weighted by molar-refractivity contribution is 0.487. The van der Waals surface area contributed by atoms with Gasteiger partial charge in [0.25, 0.3) is 0 Å². The molecule has 0 unspecified atom stereocenters. The second kappa shape index (κ2) is 15.8. The Balaban J connectivity index is 0.000000120. The zero-order valence-electron chi connectivity index (χ0n) is 42.8. The van der Waals surface area contributed by atoms with E-state index in [1.807, 2.05) is 23.5 Å². The first-order chi connectivity index (χ1) is 39.7. The molecule has 0 atom stereocenters. The fourth-order valence-electron chi connectivity index (χ4n) is 14.4. The molecule has 0 bridgehead atoms. The molecule has 14 aromatic rings. The number of hydrogen-bond acceptors (Lipinski definition) is 6. The summed E-state index contributed by atoms with van der Waals surface area (Å²) in [6.45, 7) is 0.168. The van der Waals surface area contributed by atoms with Crippen LogP contribution in [0, 0.1) is 0 Å². The second-order valence-electron chi connectivity index (χ2n) is 21.7. The van der Waals surface area contributed by atoms with E-state index >= 15 is 0 Å². The van der Waals surface area contributed by atoms with E-state index in [1.165, 1.54) is 132 Å². The maximum atomic E-state index is 6.59. The van der Waals surface area contributed by atoms with Crippen molar-refractivity contribution in [2.75, 3.05) is 9.62 Å². The molecular formula is C72H40B2N2O3S. The SMILES string of the molecule is c1ccc2c(c1)-c1cccc3c1B1c4c(cccc4-c4cc(-c5ccc6oc7ccccc7c6c5)ccc4N12)O3.c1ccc2c(c1)-c1cccc3c1B1c4c(cccc4-c4cc(-c5ccc6sc7ccccc7c6c5)ccc4N12)O3. The highest BCUT2D eigenvalue weighted by molar-refractivity contribution is 7.25. The van der Waals surface area contributed by atoms with Crippen LogP contribution in [-0.2, 0) is 0 Å². The van der Waals surface area contributed by atoms with Crippen LogP contribution in [0.25, 0.3) is 109 Å². The van der Waals surface area contributed by atoms with E-state index in [0.29, 0.717) is 0 Å². The Morgan fingerprint density at radius 2 is 0.675 bits per heavy atom. The van der Waals surface area contributed by atoms with Gasteiger partial charge in [0.05, 0.1) is 0 Å². The number of thiophene rings is 1. The zero-order valence-corrected chi connectivity index (χ0v) is 43.6. The first kappa shape index (κ1) is 43.0. The Hall–Kier alpha value is -10.0. The molecule has 6 aliphatic heterocycles. The molecule has 80 heavy (non-hydrogen) atoms. The fraction of sp³-hybridized carbons (Fsp3) is 0. The number of fused-ring (bicyclic) bond motifs is 18. The molecule has 0 amide bonds. The third-order valence-corrected chi connectivity index (χ3v) is 18.9. The second-order valence-corrected chi connectivity index (χ2v) is 22.8. The van der Waals surface area contributed by atoms with Crippen molar-refractivity contribution in [2.45, 2.75) is 0 Å². The summed E-state index contributed by atoms with van der Waals surface area (Å²) >= 11 is 1.87. The Morgan fingerprint density at radius 1 is 0.275 bits per heavy atom. The Labute approximate surface area is 465 Å². The summed E-state index contributed by atoms with van der Waals surface area (Å²) in [7, 11) is 0. The van der Waals surface area contributed by atoms with Gasteiger partial charge in [-0.3, -0.25) is 0 Å². The first-order valence-electron chi connectivity index (χ1n) is 27.4. The summed E-state index contributed by atoms with van der Waals surface area (Å²) in [5, 5.41) is 4.95. The van der Waals surface area contributed by atoms with Crippen LogP contribution in [-0.4, -0.2) is 13.7 Å². The molecule has 368 valence electrons. The number of anilines is 4. The molecule has 6 aliphatic rings. The van der Waals surface area contributed by atoms with Crippen molar-refractivity contribution in [1.82, 2.24) is 0 Å². The molecule has 0 N–H and O–H groups in total. The zero-order chi connectivity index (χ0) is 51.9. The van der Waals surface area contributed by atoms with Gasteiger partial charge >= 0.3 is 13.7 Å². The van der Waals surface area contributed by atoms with Gasteiger partial charge in [-0.05, 0) is 142 Å². The Morgan fingerprint density at radius 3 is 1.25 bits per heavy atom. The van der Waals surface area contributed by atoms with E-state index in [2.05, 4.69) is 240 Å². The number of benzene rings is 12. The Kier molecular flexibility index (Phi) is 8.51. The molecule has 0 saturated heterocycles. The fourth-order valence-corrected chi connectivity index (χ4v) is 15.5. The minimum Gasteiger partial charge on any atom is -0.458 e. The predicted molar refractivity (Wildman–Crippen MR) is 333 cm³/mol. The maximum absolute atomic E-state index is 6.59. The van der Waals surface area contributed by atoms with Crippen molar-refractivity contribution in [2.24, 2.45) is 0 Å². The van der Waals surface area contributed by atoms with Crippen molar-refractivity contribution < 1.29 is 13.9 Å². The highest BCUT2D eigenvalue weighted by Crippen LogP contribution is 2.53. The number of para-hydroxylation sites is 3. The average Bonchev–Trinajstić information content (AvgIpc) is 3.89. The van der Waals surface area contributed by atoms with Gasteiger partial charge in [0.15, 0.2) is 0 Å². The van der Waals surface area contributed by atoms with Gasteiger partial charge < -0.3 is 23.5 Å². The van der Waals surface area contributed by atoms with Crippen LogP contribution in [0.5, 0.6) is 23.0 Å². The average molecular weight is 1030 g/mol. The number of hydrogen-bond donors (Lipinski definition) is 0. The molecule has 0 radical (unpaired) electrons. The molecule has 8 heteroatoms. The third-order valence-electron chi connectivity index (χ3n) is 17.7. The molecule has 8 heterocycles. The smallest absolute Gasteiger partial charge is 0.337 e. The van der Waals surface area contributed by atoms with E-state index in [1.54, 1.807) is 0 Å². The van der Waals surface area contributed by atoms with Crippen LogP contribution >= 0.6 is 11.3 Å². The molecule has 0 spiro atoms. The van der Waals surface area contributed by atoms with Gasteiger partial charge in [0.1, 0.15) is 34.2 Å². The molecule has 2 aromatic heterocycles. The van der Waals surface area contributed by atoms with Gasteiger partial charge in [-0.15, -0.1) is 11.3 Å². The number of furan rings is 1. The lowest BCUT2D eigenvalue weighted by Gasteiger charge is -2.46. The number of ether oxygens (including phenoxy) is 2. The lowest BCUT2D eigenvalue weighted by atomic mass is 9.42. The van der Waals surface area contributed by atoms with Gasteiger partial charge in [0.2, 0.25) is 0 Å². The normalized spacial score (nSPS) is 13.6. The third kappa shape index (κ3) is 5.77. The van der Waals surface area contributed by atoms with E-state index in [4.69, 9.17) is 13.9 Å². The Bertz CT molecular complexity index is 4780. The molecule has 12 aromatic carbocycles. The highest BCUT2D eigenvalue weighted by Gasteiger charge is 2.49. The van der Waals surface area contributed by atoms with E-state index in [-0.39, 0.29) is 13.7 Å². The highest BCUT2D eigenvalue weighted by atomic mass is 32.1. The predicted octanol–water partition coefficient (Wildman–Crippen LogP) is 17.0. The summed E-state index contributed by atoms with van der Waals surface area (Å²) < 4.78 is 21.9. The summed E-state index contributed by atoms with van der Waals surface area (Å²) in [6, 6.07) is 87.8. The maximum Gasteiger partial charge on any atom is 0.337 e. The first-order valence-corrected chi connectivity index (χ1v) is 28.3. The molecule has 0 saturated carbocycles. The molecular weight excluding hydrogens is 994 g/mol. The van der Waals surface area contributed by atoms with E-state index in [0.717, 1.165) is 44.9 Å². The van der Waals surface area contributed by atoms with Crippen LogP contribution in [0.4, 0.5) is 22.7 Å². The van der Waals surface area contributed by atoms with Gasteiger partial charge in [-0.25, -0.2) is 0 Å². The lowest BCUT2D eigenvalue weighted by Crippen LogP contribution is -2.61. The van der Waals surface area contributed by atoms with Crippen LogP contribution in [0.2, 0.25) is 0 Å². The van der Waals surface area contributed by atoms with Gasteiger partial charge in [0, 0.05) is 97.8 Å². The summed E-state index contributed by atoms with van der Waals surface area (Å²) in [5.74, 6) is 3.81. The summed E-state index contributed by atoms with van der Waals surface area (Å²) in [4.78, 5) is 5.08. The monoisotopic (exact) mass is 1030 g/mol. The van der Waals surface area contributed by atoms with Gasteiger partial charge in [-0.1, -0.05) is 146 Å². The minimum atomic E-state index is 0.0769. The van der Waals surface area contributed by atoms with Crippen molar-refractivity contribution >= 4 is 112 Å². The van der Waals surface area contributed by atoms with Crippen LogP contribution in [0.1, 0.15) is 0 Å². The summed E-state index contributed by atoms with van der Waals surface area (Å²) in [6.07, 6.45) is 0. The molecule has 0 fully saturated rings. The van der Waals surface area contributed by atoms with Gasteiger partial charge in [-0.2, -0.15) is 0 Å². The standard InChI is InChI=1S/C36H20BNO2.C36H20BNOS/c1-3-11-29-23(7-1)25-9-5-13-33-35(25)37-36-26(10-6-14-34(36)40-33)27-19-21(15-17-30(27)38(29)37)22-16-18-32-28(20-22)24-8-2-4-12-31(24)39-32;1-3-11-29-23(7-1)25-9-5-12-31-35(25)37-36-26(10-6-13-32(36)39-31)27-19-21(15-17-30(27)38(29)37)22-16-18-34-28(20-22)24-8-2-4-14-33(24)40-34/h2*1-20H. The topological polar surface area (TPSA) is 38.1 Å². The van der Waals surface area contributed by atoms with Crippen LogP contribution in [0.3, 0.4) is 0 Å². The number of nitrogens with zero attached hydrogens (tertiary/aromatic N) is 2. The van der Waals surface area contributed by atoms with E-state index < -0.39 is 0 Å². The van der Waals surface area contributed by atoms with Crippen molar-refractivity contribution in [3.63, 3.8) is 0 Å². The summed E-state index contributed by atoms with van der Waals surface area (Å²) in [5.41, 5.74) is 26.7. The molecule has 0 aliphatic carbocycles. The van der Waals surface area contributed by atoms with E-state index in [9.17, 15) is 0 Å². The van der Waals surface area contributed by atoms with Crippen molar-refractivity contribution in [3.8, 4) is 89.8 Å². The molecule has 20 rings (SSSR count). The quantitative estimate of drug-likeness (QED) is 0.161. The minimum absolute atomic E-state index is 0.0769. The molecule has 5 nitrogen and oxygen atoms in total. The van der Waals surface area contributed by atoms with Crippen LogP contribution < -0.4 is 40.9 Å². The van der Waals surface area contributed by atoms with Crippen LogP contribution in [0.15, 0.2) is 247 Å². The number of rotatable bonds is 2.